The van der Waals surface area contributed by atoms with Gasteiger partial charge in [0.25, 0.3) is 0 Å². The van der Waals surface area contributed by atoms with Crippen LogP contribution in [0.3, 0.4) is 0 Å². The van der Waals surface area contributed by atoms with Crippen molar-refractivity contribution < 1.29 is 27.8 Å². The smallest absolute Gasteiger partial charge is 0.416 e. The van der Waals surface area contributed by atoms with Gasteiger partial charge in [0.2, 0.25) is 0 Å². The van der Waals surface area contributed by atoms with Crippen molar-refractivity contribution in [1.82, 2.24) is 5.32 Å². The molecule has 0 bridgehead atoms. The first-order valence-electron chi connectivity index (χ1n) is 6.61. The maximum absolute atomic E-state index is 12.4. The van der Waals surface area contributed by atoms with E-state index < -0.39 is 23.8 Å². The quantitative estimate of drug-likeness (QED) is 0.725. The van der Waals surface area contributed by atoms with E-state index in [9.17, 15) is 18.0 Å². The third kappa shape index (κ3) is 6.03. The predicted octanol–water partition coefficient (Wildman–Crippen LogP) is 2.93. The highest BCUT2D eigenvalue weighted by Crippen LogP contribution is 2.30. The molecule has 1 aromatic rings. The number of ether oxygens (including phenoxy) is 1. The van der Waals surface area contributed by atoms with Crippen LogP contribution in [-0.4, -0.2) is 30.3 Å². The minimum atomic E-state index is -4.37. The van der Waals surface area contributed by atoms with Gasteiger partial charge in [-0.05, 0) is 30.7 Å². The molecule has 0 saturated heterocycles. The van der Waals surface area contributed by atoms with Crippen LogP contribution in [0.25, 0.3) is 0 Å². The summed E-state index contributed by atoms with van der Waals surface area (Å²) < 4.78 is 42.3. The van der Waals surface area contributed by atoms with E-state index in [4.69, 9.17) is 9.84 Å². The van der Waals surface area contributed by atoms with E-state index in [0.29, 0.717) is 18.7 Å². The van der Waals surface area contributed by atoms with Gasteiger partial charge in [-0.1, -0.05) is 13.3 Å². The highest BCUT2D eigenvalue weighted by molar-refractivity contribution is 5.73. The van der Waals surface area contributed by atoms with E-state index in [1.165, 1.54) is 12.1 Å². The summed E-state index contributed by atoms with van der Waals surface area (Å²) in [6.07, 6.45) is -3.12. The van der Waals surface area contributed by atoms with Crippen LogP contribution in [0.4, 0.5) is 13.2 Å². The molecule has 0 spiro atoms. The normalized spacial score (nSPS) is 13.0. The molecular formula is C14H18F3NO3. The summed E-state index contributed by atoms with van der Waals surface area (Å²) in [4.78, 5) is 10.9. The summed E-state index contributed by atoms with van der Waals surface area (Å²) >= 11 is 0. The van der Waals surface area contributed by atoms with Crippen LogP contribution < -0.4 is 10.1 Å². The topological polar surface area (TPSA) is 58.6 Å². The Kier molecular flexibility index (Phi) is 6.48. The van der Waals surface area contributed by atoms with Crippen molar-refractivity contribution >= 4 is 5.97 Å². The van der Waals surface area contributed by atoms with Crippen LogP contribution >= 0.6 is 0 Å². The molecule has 0 aliphatic carbocycles. The number of hydrogen-bond acceptors (Lipinski definition) is 3. The van der Waals surface area contributed by atoms with Crippen LogP contribution in [0.2, 0.25) is 0 Å². The first kappa shape index (κ1) is 17.3. The molecular weight excluding hydrogens is 287 g/mol. The molecule has 0 aliphatic rings. The third-order valence-corrected chi connectivity index (χ3v) is 2.82. The molecule has 0 fully saturated rings. The molecule has 1 aromatic carbocycles. The molecule has 4 nitrogen and oxygen atoms in total. The molecule has 0 heterocycles. The van der Waals surface area contributed by atoms with Gasteiger partial charge in [0.1, 0.15) is 18.4 Å². The Balaban J connectivity index is 2.37. The first-order chi connectivity index (χ1) is 9.84. The van der Waals surface area contributed by atoms with Crippen molar-refractivity contribution in [3.8, 4) is 5.75 Å². The molecule has 0 amide bonds. The van der Waals surface area contributed by atoms with E-state index >= 15 is 0 Å². The summed E-state index contributed by atoms with van der Waals surface area (Å²) in [5.74, 6) is -0.612. The van der Waals surface area contributed by atoms with Gasteiger partial charge in [-0.2, -0.15) is 13.2 Å². The lowest BCUT2D eigenvalue weighted by Crippen LogP contribution is -2.38. The summed E-state index contributed by atoms with van der Waals surface area (Å²) in [5, 5.41) is 11.7. The fraction of sp³-hybridized carbons (Fsp3) is 0.500. The van der Waals surface area contributed by atoms with Gasteiger partial charge >= 0.3 is 12.1 Å². The number of rotatable bonds is 8. The lowest BCUT2D eigenvalue weighted by atomic mass is 10.2. The largest absolute Gasteiger partial charge is 0.492 e. The maximum Gasteiger partial charge on any atom is 0.416 e. The van der Waals surface area contributed by atoms with Crippen LogP contribution in [0.1, 0.15) is 25.3 Å². The lowest BCUT2D eigenvalue weighted by molar-refractivity contribution is -0.140. The van der Waals surface area contributed by atoms with Gasteiger partial charge in [0, 0.05) is 6.54 Å². The second-order valence-electron chi connectivity index (χ2n) is 4.50. The number of benzene rings is 1. The Bertz CT molecular complexity index is 446. The van der Waals surface area contributed by atoms with Crippen molar-refractivity contribution in [2.75, 3.05) is 13.2 Å². The van der Waals surface area contributed by atoms with Gasteiger partial charge in [-0.3, -0.25) is 4.79 Å². The average Bonchev–Trinajstić information content (AvgIpc) is 2.41. The summed E-state index contributed by atoms with van der Waals surface area (Å²) in [5.41, 5.74) is -0.734. The predicted molar refractivity (Wildman–Crippen MR) is 71.3 cm³/mol. The van der Waals surface area contributed by atoms with E-state index in [1.807, 2.05) is 6.92 Å². The molecule has 0 aliphatic heterocycles. The van der Waals surface area contributed by atoms with Crippen LogP contribution in [0.15, 0.2) is 24.3 Å². The van der Waals surface area contributed by atoms with Gasteiger partial charge in [-0.25, -0.2) is 0 Å². The fourth-order valence-corrected chi connectivity index (χ4v) is 1.74. The van der Waals surface area contributed by atoms with Crippen molar-refractivity contribution in [3.05, 3.63) is 29.8 Å². The summed E-state index contributed by atoms with van der Waals surface area (Å²) in [7, 11) is 0. The van der Waals surface area contributed by atoms with Gasteiger partial charge in [-0.15, -0.1) is 0 Å². The van der Waals surface area contributed by atoms with E-state index in [1.54, 1.807) is 0 Å². The van der Waals surface area contributed by atoms with Crippen LogP contribution in [0, 0.1) is 0 Å². The SMILES string of the molecule is CCCC(NCCOc1ccc(C(F)(F)F)cc1)C(=O)O. The lowest BCUT2D eigenvalue weighted by Gasteiger charge is -2.14. The van der Waals surface area contributed by atoms with Crippen LogP contribution in [0.5, 0.6) is 5.75 Å². The standard InChI is InChI=1S/C14H18F3NO3/c1-2-3-12(13(19)20)18-8-9-21-11-6-4-10(5-7-11)14(15,16)17/h4-7,12,18H,2-3,8-9H2,1H3,(H,19,20). The van der Waals surface area contributed by atoms with E-state index in [-0.39, 0.29) is 6.61 Å². The number of hydrogen-bond donors (Lipinski definition) is 2. The number of nitrogens with one attached hydrogen (secondary N) is 1. The molecule has 1 rings (SSSR count). The van der Waals surface area contributed by atoms with E-state index in [0.717, 1.165) is 18.6 Å². The number of halogens is 3. The molecule has 7 heteroatoms. The molecule has 1 unspecified atom stereocenters. The highest BCUT2D eigenvalue weighted by Gasteiger charge is 2.29. The molecule has 0 aromatic heterocycles. The minimum Gasteiger partial charge on any atom is -0.492 e. The van der Waals surface area contributed by atoms with E-state index in [2.05, 4.69) is 5.32 Å². The first-order valence-corrected chi connectivity index (χ1v) is 6.61. The molecule has 118 valence electrons. The Labute approximate surface area is 120 Å². The van der Waals surface area contributed by atoms with Crippen molar-refractivity contribution in [2.24, 2.45) is 0 Å². The zero-order valence-corrected chi connectivity index (χ0v) is 11.6. The van der Waals surface area contributed by atoms with Gasteiger partial charge in [0.05, 0.1) is 5.56 Å². The minimum absolute atomic E-state index is 0.179. The van der Waals surface area contributed by atoms with Gasteiger partial charge in [0.15, 0.2) is 0 Å². The number of carbonyl (C=O) groups is 1. The third-order valence-electron chi connectivity index (χ3n) is 2.82. The fourth-order valence-electron chi connectivity index (χ4n) is 1.74. The Hall–Kier alpha value is -1.76. The molecule has 0 radical (unpaired) electrons. The molecule has 21 heavy (non-hydrogen) atoms. The Morgan fingerprint density at radius 2 is 1.95 bits per heavy atom. The Morgan fingerprint density at radius 3 is 2.43 bits per heavy atom. The van der Waals surface area contributed by atoms with Crippen molar-refractivity contribution in [2.45, 2.75) is 32.0 Å². The number of alkyl halides is 3. The zero-order valence-electron chi connectivity index (χ0n) is 11.6. The maximum atomic E-state index is 12.4. The molecule has 0 saturated carbocycles. The molecule has 2 N–H and O–H groups in total. The van der Waals surface area contributed by atoms with Crippen LogP contribution in [-0.2, 0) is 11.0 Å². The Morgan fingerprint density at radius 1 is 1.33 bits per heavy atom. The second kappa shape index (κ2) is 7.87. The number of carboxylic acids is 1. The van der Waals surface area contributed by atoms with Gasteiger partial charge < -0.3 is 15.2 Å². The summed E-state index contributed by atoms with van der Waals surface area (Å²) in [6, 6.07) is 3.73. The zero-order chi connectivity index (χ0) is 15.9. The summed E-state index contributed by atoms with van der Waals surface area (Å²) in [6.45, 7) is 2.37. The number of aliphatic carboxylic acids is 1. The second-order valence-corrected chi connectivity index (χ2v) is 4.50. The highest BCUT2D eigenvalue weighted by atomic mass is 19.4. The molecule has 1 atom stereocenters. The van der Waals surface area contributed by atoms with Crippen molar-refractivity contribution in [1.29, 1.82) is 0 Å². The monoisotopic (exact) mass is 305 g/mol. The average molecular weight is 305 g/mol. The van der Waals surface area contributed by atoms with Crippen molar-refractivity contribution in [3.63, 3.8) is 0 Å². The number of carboxylic acid groups (broad SMARTS) is 1.